The third-order valence-electron chi connectivity index (χ3n) is 16.5. The standard InChI is InChI=1S/C19H32N4O2.C18H33NO5S.C17H31NO3/c1-18(2,3)25-17(24)22-11-9-19(10-12-22,13-23-15-20-14-21-23)16-7-5-4-6-8-16;1-17(2,3)24-16(20)19-12-10-18(11-13-19,14-23-25(4,21)22)15-8-6-5-7-9-15;1-16(2,3)21-15(20)18-11-9-17(13-19,10-12-18)14-7-5-4-6-8-14/h14-16H,4-13H2,1-3H3;15H,5-14H2,1-4H3;14,19H,4-13H2,1-3H3. The number of ether oxygens (including phenoxy) is 3. The zero-order valence-corrected chi connectivity index (χ0v) is 46.6. The SMILES string of the molecule is CC(C)(C)OC(=O)N1CCC(CO)(C2CCCCC2)CC1.CC(C)(C)OC(=O)N1CCC(COS(C)(=O)=O)(C2CCCCC2)CC1.CC(C)(C)OC(=O)N1CCC(Cn2cncn2)(C2CCCCC2)CC1. The molecule has 7 rings (SSSR count). The molecule has 0 radical (unpaired) electrons. The van der Waals surface area contributed by atoms with Crippen LogP contribution in [0.1, 0.15) is 197 Å². The average molecular weight is 1020 g/mol. The van der Waals surface area contributed by atoms with Crippen molar-refractivity contribution in [2.45, 2.75) is 220 Å². The summed E-state index contributed by atoms with van der Waals surface area (Å²) in [5.41, 5.74) is -1.26. The van der Waals surface area contributed by atoms with Gasteiger partial charge in [0.05, 0.1) is 12.9 Å². The Labute approximate surface area is 428 Å². The molecule has 16 nitrogen and oxygen atoms in total. The summed E-state index contributed by atoms with van der Waals surface area (Å²) in [4.78, 5) is 46.4. The number of amides is 3. The fourth-order valence-electron chi connectivity index (χ4n) is 12.5. The smallest absolute Gasteiger partial charge is 0.410 e. The lowest BCUT2D eigenvalue weighted by Crippen LogP contribution is -2.50. The van der Waals surface area contributed by atoms with Crippen LogP contribution in [-0.4, -0.2) is 137 Å². The van der Waals surface area contributed by atoms with E-state index in [1.54, 1.807) is 11.2 Å². The van der Waals surface area contributed by atoms with Gasteiger partial charge < -0.3 is 34.0 Å². The lowest BCUT2D eigenvalue weighted by Gasteiger charge is -2.47. The van der Waals surface area contributed by atoms with Gasteiger partial charge in [-0.1, -0.05) is 57.8 Å². The zero-order chi connectivity index (χ0) is 52.1. The highest BCUT2D eigenvalue weighted by Crippen LogP contribution is 2.49. The molecule has 0 aromatic carbocycles. The van der Waals surface area contributed by atoms with Gasteiger partial charge in [0.15, 0.2) is 0 Å². The fourth-order valence-corrected chi connectivity index (χ4v) is 12.9. The summed E-state index contributed by atoms with van der Waals surface area (Å²) in [5.74, 6) is 1.84. The minimum Gasteiger partial charge on any atom is -0.444 e. The number of piperidine rings is 3. The maximum atomic E-state index is 12.4. The van der Waals surface area contributed by atoms with Crippen LogP contribution >= 0.6 is 0 Å². The molecule has 3 aliphatic carbocycles. The summed E-state index contributed by atoms with van der Waals surface area (Å²) < 4.78 is 46.7. The molecule has 408 valence electrons. The fraction of sp³-hybridized carbons (Fsp3) is 0.907. The highest BCUT2D eigenvalue weighted by atomic mass is 32.2. The number of carbonyl (C=O) groups is 3. The van der Waals surface area contributed by atoms with Crippen LogP contribution in [0.15, 0.2) is 12.7 Å². The highest BCUT2D eigenvalue weighted by molar-refractivity contribution is 7.85. The van der Waals surface area contributed by atoms with Crippen LogP contribution < -0.4 is 0 Å². The van der Waals surface area contributed by atoms with Crippen molar-refractivity contribution >= 4 is 28.4 Å². The Bertz CT molecular complexity index is 1880. The number of hydrogen-bond donors (Lipinski definition) is 1. The molecule has 6 aliphatic rings. The Morgan fingerprint density at radius 3 is 1.18 bits per heavy atom. The Morgan fingerprint density at radius 2 is 0.873 bits per heavy atom. The Hall–Kier alpha value is -3.18. The van der Waals surface area contributed by atoms with Crippen LogP contribution in [0.5, 0.6) is 0 Å². The first-order valence-electron chi connectivity index (χ1n) is 27.5. The number of aliphatic hydroxyl groups excluding tert-OH is 1. The molecule has 0 bridgehead atoms. The van der Waals surface area contributed by atoms with Gasteiger partial charge in [0.1, 0.15) is 29.5 Å². The molecule has 3 aliphatic heterocycles. The largest absolute Gasteiger partial charge is 0.444 e. The molecule has 1 N–H and O–H groups in total. The molecular weight excluding hydrogens is 925 g/mol. The molecule has 4 heterocycles. The molecule has 0 spiro atoms. The molecule has 0 unspecified atom stereocenters. The molecule has 0 atom stereocenters. The van der Waals surface area contributed by atoms with E-state index in [4.69, 9.17) is 18.4 Å². The summed E-state index contributed by atoms with van der Waals surface area (Å²) in [5, 5.41) is 14.3. The maximum Gasteiger partial charge on any atom is 0.410 e. The number of likely N-dealkylation sites (tertiary alicyclic amines) is 3. The molecule has 1 aromatic heterocycles. The predicted molar refractivity (Wildman–Crippen MR) is 276 cm³/mol. The van der Waals surface area contributed by atoms with Gasteiger partial charge in [-0.15, -0.1) is 0 Å². The minimum absolute atomic E-state index is 0.0406. The zero-order valence-electron chi connectivity index (χ0n) is 45.8. The minimum atomic E-state index is -3.46. The van der Waals surface area contributed by atoms with E-state index in [-0.39, 0.29) is 47.7 Å². The van der Waals surface area contributed by atoms with Crippen molar-refractivity contribution in [2.24, 2.45) is 34.0 Å². The number of nitrogens with zero attached hydrogens (tertiary/aromatic N) is 6. The molecular formula is C54H96N6O10S. The van der Waals surface area contributed by atoms with Crippen LogP contribution in [0.4, 0.5) is 14.4 Å². The number of aromatic nitrogens is 3. The second-order valence-corrected chi connectivity index (χ2v) is 26.9. The van der Waals surface area contributed by atoms with E-state index in [1.165, 1.54) is 83.5 Å². The average Bonchev–Trinajstić information content (AvgIpc) is 3.83. The first-order valence-corrected chi connectivity index (χ1v) is 29.3. The summed E-state index contributed by atoms with van der Waals surface area (Å²) >= 11 is 0. The van der Waals surface area contributed by atoms with Crippen LogP contribution in [0.3, 0.4) is 0 Å². The molecule has 71 heavy (non-hydrogen) atoms. The van der Waals surface area contributed by atoms with Crippen LogP contribution in [0.25, 0.3) is 0 Å². The third kappa shape index (κ3) is 18.3. The van der Waals surface area contributed by atoms with Gasteiger partial charge in [0.2, 0.25) is 0 Å². The van der Waals surface area contributed by atoms with E-state index in [9.17, 15) is 27.9 Å². The summed E-state index contributed by atoms with van der Waals surface area (Å²) in [7, 11) is -3.46. The van der Waals surface area contributed by atoms with E-state index < -0.39 is 26.9 Å². The highest BCUT2D eigenvalue weighted by Gasteiger charge is 2.46. The van der Waals surface area contributed by atoms with Gasteiger partial charge in [-0.2, -0.15) is 13.5 Å². The topological polar surface area (TPSA) is 183 Å². The van der Waals surface area contributed by atoms with Crippen molar-refractivity contribution in [3.63, 3.8) is 0 Å². The maximum absolute atomic E-state index is 12.4. The van der Waals surface area contributed by atoms with Crippen molar-refractivity contribution in [3.8, 4) is 0 Å². The first kappa shape index (κ1) is 58.7. The van der Waals surface area contributed by atoms with Crippen LogP contribution in [0.2, 0.25) is 0 Å². The second kappa shape index (κ2) is 25.4. The lowest BCUT2D eigenvalue weighted by atomic mass is 9.63. The number of hydrogen-bond acceptors (Lipinski definition) is 12. The summed E-state index contributed by atoms with van der Waals surface area (Å²) in [6.07, 6.45) is 28.2. The van der Waals surface area contributed by atoms with Crippen molar-refractivity contribution < 1.29 is 46.3 Å². The van der Waals surface area contributed by atoms with Gasteiger partial charge in [-0.05, 0) is 168 Å². The second-order valence-electron chi connectivity index (χ2n) is 25.2. The van der Waals surface area contributed by atoms with Gasteiger partial charge in [0, 0.05) is 57.8 Å². The lowest BCUT2D eigenvalue weighted by molar-refractivity contribution is -0.0297. The summed E-state index contributed by atoms with van der Waals surface area (Å²) in [6, 6.07) is 0. The predicted octanol–water partition coefficient (Wildman–Crippen LogP) is 11.0. The number of aliphatic hydroxyl groups is 1. The quantitative estimate of drug-likeness (QED) is 0.183. The molecule has 3 amide bonds. The van der Waals surface area contributed by atoms with Gasteiger partial charge in [-0.3, -0.25) is 8.86 Å². The van der Waals surface area contributed by atoms with E-state index >= 15 is 0 Å². The third-order valence-corrected chi connectivity index (χ3v) is 17.0. The Kier molecular flexibility index (Phi) is 21.0. The Morgan fingerprint density at radius 1 is 0.549 bits per heavy atom. The molecule has 1 aromatic rings. The van der Waals surface area contributed by atoms with Crippen molar-refractivity contribution in [1.82, 2.24) is 29.5 Å². The number of carbonyl (C=O) groups excluding carboxylic acids is 3. The van der Waals surface area contributed by atoms with Gasteiger partial charge in [-0.25, -0.2) is 19.4 Å². The molecule has 3 saturated carbocycles. The van der Waals surface area contributed by atoms with E-state index in [1.807, 2.05) is 83.1 Å². The first-order chi connectivity index (χ1) is 33.2. The van der Waals surface area contributed by atoms with Crippen molar-refractivity contribution in [1.29, 1.82) is 0 Å². The van der Waals surface area contributed by atoms with Gasteiger partial charge >= 0.3 is 18.3 Å². The normalized spacial score (nSPS) is 22.8. The number of rotatable bonds is 9. The van der Waals surface area contributed by atoms with Crippen LogP contribution in [-0.2, 0) is 35.1 Å². The summed E-state index contributed by atoms with van der Waals surface area (Å²) in [6.45, 7) is 22.6. The molecule has 6 fully saturated rings. The monoisotopic (exact) mass is 1020 g/mol. The van der Waals surface area contributed by atoms with E-state index in [0.29, 0.717) is 38.0 Å². The van der Waals surface area contributed by atoms with Gasteiger partial charge in [0.25, 0.3) is 10.1 Å². The Balaban J connectivity index is 0.000000199. The molecule has 17 heteroatoms. The van der Waals surface area contributed by atoms with Crippen molar-refractivity contribution in [3.05, 3.63) is 12.7 Å². The van der Waals surface area contributed by atoms with Crippen LogP contribution in [0, 0.1) is 34.0 Å². The van der Waals surface area contributed by atoms with E-state index in [2.05, 4.69) is 10.1 Å². The molecule has 3 saturated heterocycles. The van der Waals surface area contributed by atoms with E-state index in [0.717, 1.165) is 83.2 Å². The van der Waals surface area contributed by atoms with Crippen molar-refractivity contribution in [2.75, 3.05) is 58.7 Å².